The summed E-state index contributed by atoms with van der Waals surface area (Å²) < 4.78 is 0.638. The van der Waals surface area contributed by atoms with Gasteiger partial charge in [-0.2, -0.15) is 0 Å². The molecule has 2 aromatic carbocycles. The molecule has 6 heteroatoms. The van der Waals surface area contributed by atoms with Crippen molar-refractivity contribution < 1.29 is 9.90 Å². The second-order valence-corrected chi connectivity index (χ2v) is 6.17. The molecule has 0 bridgehead atoms. The molecule has 0 fully saturated rings. The van der Waals surface area contributed by atoms with Crippen molar-refractivity contribution in [3.05, 3.63) is 57.2 Å². The summed E-state index contributed by atoms with van der Waals surface area (Å²) in [6.07, 6.45) is 0. The lowest BCUT2D eigenvalue weighted by atomic mass is 10.1. The van der Waals surface area contributed by atoms with Crippen LogP contribution in [0.15, 0.2) is 45.9 Å². The number of ketones is 1. The summed E-state index contributed by atoms with van der Waals surface area (Å²) in [4.78, 5) is 20.0. The number of aromatic nitrogens is 1. The molecule has 3 aromatic rings. The van der Waals surface area contributed by atoms with E-state index in [-0.39, 0.29) is 17.2 Å². The van der Waals surface area contributed by atoms with E-state index in [1.165, 1.54) is 0 Å². The van der Waals surface area contributed by atoms with Gasteiger partial charge in [-0.15, -0.1) is 0 Å². The van der Waals surface area contributed by atoms with Crippen LogP contribution in [-0.2, 0) is 0 Å². The molecule has 0 saturated carbocycles. The largest absolute Gasteiger partial charge is 0.505 e. The van der Waals surface area contributed by atoms with Crippen LogP contribution in [0, 0.1) is 0 Å². The summed E-state index contributed by atoms with van der Waals surface area (Å²) in [6, 6.07) is 10.7. The third-order valence-corrected chi connectivity index (χ3v) is 4.94. The molecule has 0 spiro atoms. The quantitative estimate of drug-likeness (QED) is 0.652. The minimum Gasteiger partial charge on any atom is -0.505 e. The predicted octanol–water partition coefficient (Wildman–Crippen LogP) is 4.61. The van der Waals surface area contributed by atoms with E-state index in [0.29, 0.717) is 31.8 Å². The lowest BCUT2D eigenvalue weighted by Gasteiger charge is -2.01. The Bertz CT molecular complexity index is 991. The SMILES string of the molecule is O=C1C(c2[nH]c3ccccc3c2O)=Nc2ccc(Br)c(Cl)c21. The van der Waals surface area contributed by atoms with Crippen LogP contribution in [-0.4, -0.2) is 21.6 Å². The molecule has 1 aliphatic heterocycles. The number of carbonyl (C=O) groups is 1. The van der Waals surface area contributed by atoms with E-state index in [1.54, 1.807) is 18.2 Å². The Morgan fingerprint density at radius 1 is 1.18 bits per heavy atom. The Morgan fingerprint density at radius 2 is 1.95 bits per heavy atom. The van der Waals surface area contributed by atoms with Gasteiger partial charge in [-0.25, -0.2) is 4.99 Å². The molecule has 1 aliphatic rings. The number of aromatic amines is 1. The molecule has 0 aliphatic carbocycles. The highest BCUT2D eigenvalue weighted by Crippen LogP contribution is 2.40. The first-order valence-electron chi connectivity index (χ1n) is 6.49. The van der Waals surface area contributed by atoms with Crippen molar-refractivity contribution in [2.45, 2.75) is 0 Å². The number of hydrogen-bond donors (Lipinski definition) is 2. The molecule has 2 N–H and O–H groups in total. The fourth-order valence-corrected chi connectivity index (χ4v) is 3.18. The molecule has 22 heavy (non-hydrogen) atoms. The zero-order valence-electron chi connectivity index (χ0n) is 11.0. The molecule has 0 unspecified atom stereocenters. The number of fused-ring (bicyclic) bond motifs is 2. The Morgan fingerprint density at radius 3 is 2.73 bits per heavy atom. The lowest BCUT2D eigenvalue weighted by Crippen LogP contribution is -2.12. The van der Waals surface area contributed by atoms with Gasteiger partial charge in [-0.3, -0.25) is 4.79 Å². The first-order valence-corrected chi connectivity index (χ1v) is 7.66. The van der Waals surface area contributed by atoms with Crippen LogP contribution in [0.4, 0.5) is 5.69 Å². The highest BCUT2D eigenvalue weighted by Gasteiger charge is 2.32. The third-order valence-electron chi connectivity index (χ3n) is 3.66. The Labute approximate surface area is 138 Å². The van der Waals surface area contributed by atoms with Crippen molar-refractivity contribution in [2.75, 3.05) is 0 Å². The summed E-state index contributed by atoms with van der Waals surface area (Å²) >= 11 is 9.49. The first kappa shape index (κ1) is 13.5. The molecule has 4 nitrogen and oxygen atoms in total. The van der Waals surface area contributed by atoms with Crippen molar-refractivity contribution in [2.24, 2.45) is 4.99 Å². The van der Waals surface area contributed by atoms with Gasteiger partial charge in [0.05, 0.1) is 16.3 Å². The summed E-state index contributed by atoms with van der Waals surface area (Å²) in [5.41, 5.74) is 2.09. The van der Waals surface area contributed by atoms with Gasteiger partial charge in [0.25, 0.3) is 0 Å². The predicted molar refractivity (Wildman–Crippen MR) is 89.6 cm³/mol. The first-order chi connectivity index (χ1) is 10.6. The van der Waals surface area contributed by atoms with Gasteiger partial charge in [-0.1, -0.05) is 23.7 Å². The summed E-state index contributed by atoms with van der Waals surface area (Å²) in [7, 11) is 0. The summed E-state index contributed by atoms with van der Waals surface area (Å²) in [6.45, 7) is 0. The van der Waals surface area contributed by atoms with Gasteiger partial charge in [0.2, 0.25) is 5.78 Å². The fraction of sp³-hybridized carbons (Fsp3) is 0. The molecule has 0 atom stereocenters. The minimum absolute atomic E-state index is 0.0192. The maximum Gasteiger partial charge on any atom is 0.217 e. The second-order valence-electron chi connectivity index (χ2n) is 4.94. The van der Waals surface area contributed by atoms with Crippen LogP contribution in [0.5, 0.6) is 5.75 Å². The van der Waals surface area contributed by atoms with Gasteiger partial charge in [0, 0.05) is 15.4 Å². The van der Waals surface area contributed by atoms with E-state index in [2.05, 4.69) is 25.9 Å². The van der Waals surface area contributed by atoms with Crippen LogP contribution in [0.1, 0.15) is 16.1 Å². The number of aliphatic imine (C=N–C) groups is 1. The fourth-order valence-electron chi connectivity index (χ4n) is 2.61. The van der Waals surface area contributed by atoms with Gasteiger partial charge in [-0.05, 0) is 40.2 Å². The molecule has 0 amide bonds. The van der Waals surface area contributed by atoms with E-state index in [0.717, 1.165) is 5.52 Å². The number of Topliss-reactive ketones (excluding diaryl/α,β-unsaturated/α-hetero) is 1. The summed E-state index contributed by atoms with van der Waals surface area (Å²) in [5.74, 6) is -0.283. The number of benzene rings is 2. The van der Waals surface area contributed by atoms with E-state index in [4.69, 9.17) is 11.6 Å². The van der Waals surface area contributed by atoms with Crippen molar-refractivity contribution in [3.8, 4) is 5.75 Å². The van der Waals surface area contributed by atoms with E-state index >= 15 is 0 Å². The average molecular weight is 376 g/mol. The topological polar surface area (TPSA) is 65.5 Å². The molecule has 2 heterocycles. The van der Waals surface area contributed by atoms with Crippen molar-refractivity contribution in [1.29, 1.82) is 0 Å². The highest BCUT2D eigenvalue weighted by atomic mass is 79.9. The van der Waals surface area contributed by atoms with Crippen LogP contribution in [0.2, 0.25) is 5.02 Å². The lowest BCUT2D eigenvalue weighted by molar-refractivity contribution is 0.107. The molecule has 0 saturated heterocycles. The number of carbonyl (C=O) groups excluding carboxylic acids is 1. The highest BCUT2D eigenvalue weighted by molar-refractivity contribution is 9.10. The number of halogens is 2. The number of aromatic hydroxyl groups is 1. The summed E-state index contributed by atoms with van der Waals surface area (Å²) in [5, 5.41) is 11.3. The average Bonchev–Trinajstić information content (AvgIpc) is 3.02. The van der Waals surface area contributed by atoms with E-state index < -0.39 is 0 Å². The van der Waals surface area contributed by atoms with Gasteiger partial charge < -0.3 is 10.1 Å². The van der Waals surface area contributed by atoms with E-state index in [1.807, 2.05) is 18.2 Å². The zero-order valence-corrected chi connectivity index (χ0v) is 13.4. The number of H-pyrrole nitrogens is 1. The van der Waals surface area contributed by atoms with Crippen LogP contribution < -0.4 is 0 Å². The van der Waals surface area contributed by atoms with E-state index in [9.17, 15) is 9.90 Å². The number of para-hydroxylation sites is 1. The Balaban J connectivity index is 1.93. The molecule has 4 rings (SSSR count). The molecule has 0 radical (unpaired) electrons. The Kier molecular flexibility index (Phi) is 2.89. The maximum atomic E-state index is 12.6. The molecule has 1 aromatic heterocycles. The van der Waals surface area contributed by atoms with Crippen LogP contribution in [0.25, 0.3) is 10.9 Å². The third kappa shape index (κ3) is 1.76. The van der Waals surface area contributed by atoms with Crippen LogP contribution in [0.3, 0.4) is 0 Å². The monoisotopic (exact) mass is 374 g/mol. The van der Waals surface area contributed by atoms with Gasteiger partial charge in [0.15, 0.2) is 5.75 Å². The Hall–Kier alpha value is -2.11. The zero-order chi connectivity index (χ0) is 15.4. The number of hydrogen-bond acceptors (Lipinski definition) is 3. The normalized spacial score (nSPS) is 13.5. The molecular formula is C16H8BrClN2O2. The van der Waals surface area contributed by atoms with Crippen LogP contribution >= 0.6 is 27.5 Å². The van der Waals surface area contributed by atoms with Crippen molar-refractivity contribution in [3.63, 3.8) is 0 Å². The molecule has 108 valence electrons. The number of nitrogens with zero attached hydrogens (tertiary/aromatic N) is 1. The number of nitrogens with one attached hydrogen (secondary N) is 1. The standard InChI is InChI=1S/C16H8BrClN2O2/c17-8-5-6-10-11(12(8)18)16(22)14(20-10)13-15(21)7-3-1-2-4-9(7)19-13/h1-6,19,21H. The van der Waals surface area contributed by atoms with Gasteiger partial charge in [0.1, 0.15) is 11.4 Å². The number of rotatable bonds is 1. The minimum atomic E-state index is -0.303. The van der Waals surface area contributed by atoms with Crippen molar-refractivity contribution in [1.82, 2.24) is 4.98 Å². The van der Waals surface area contributed by atoms with Gasteiger partial charge >= 0.3 is 0 Å². The second kappa shape index (κ2) is 4.69. The maximum absolute atomic E-state index is 12.6. The van der Waals surface area contributed by atoms with Crippen molar-refractivity contribution >= 4 is 55.6 Å². The smallest absolute Gasteiger partial charge is 0.217 e. The molecular weight excluding hydrogens is 368 g/mol.